The molecule has 0 aromatic carbocycles. The predicted octanol–water partition coefficient (Wildman–Crippen LogP) is 4.72. The van der Waals surface area contributed by atoms with Crippen LogP contribution >= 0.6 is 0 Å². The van der Waals surface area contributed by atoms with Crippen molar-refractivity contribution in [2.24, 2.45) is 0 Å². The minimum Gasteiger partial charge on any atom is -0.103 e. The molecule has 0 amide bonds. The van der Waals surface area contributed by atoms with Gasteiger partial charge >= 0.3 is 0 Å². The van der Waals surface area contributed by atoms with Crippen LogP contribution in [0.4, 0.5) is 0 Å². The van der Waals surface area contributed by atoms with E-state index < -0.39 is 16.1 Å². The molecule has 1 aliphatic rings. The summed E-state index contributed by atoms with van der Waals surface area (Å²) < 4.78 is 0. The first-order valence-electron chi connectivity index (χ1n) is 6.09. The zero-order chi connectivity index (χ0) is 12.1. The fourth-order valence-corrected chi connectivity index (χ4v) is 23.2. The summed E-state index contributed by atoms with van der Waals surface area (Å²) in [5.41, 5.74) is 3.08. The molecule has 2 heteroatoms. The van der Waals surface area contributed by atoms with Crippen molar-refractivity contribution in [1.82, 2.24) is 0 Å². The van der Waals surface area contributed by atoms with E-state index in [-0.39, 0.29) is 0 Å². The lowest BCUT2D eigenvalue weighted by Gasteiger charge is -2.53. The number of allylic oxidation sites excluding steroid dienone is 4. The van der Waals surface area contributed by atoms with E-state index in [1.54, 1.807) is 0 Å². The molecule has 0 aliphatic carbocycles. The zero-order valence-corrected chi connectivity index (χ0v) is 12.4. The van der Waals surface area contributed by atoms with Crippen molar-refractivity contribution in [3.63, 3.8) is 0 Å². The van der Waals surface area contributed by atoms with Gasteiger partial charge in [-0.25, -0.2) is 0 Å². The number of rotatable bonds is 8. The van der Waals surface area contributed by atoms with Gasteiger partial charge in [-0.2, -0.15) is 0 Å². The van der Waals surface area contributed by atoms with Crippen molar-refractivity contribution in [2.75, 3.05) is 0 Å². The summed E-state index contributed by atoms with van der Waals surface area (Å²) in [6.07, 6.45) is 8.54. The topological polar surface area (TPSA) is 0 Å². The average Bonchev–Trinajstić information content (AvgIpc) is 2.17. The molecule has 0 N–H and O–H groups in total. The van der Waals surface area contributed by atoms with Crippen LogP contribution in [-0.2, 0) is 0 Å². The fourth-order valence-electron chi connectivity index (χ4n) is 3.51. The van der Waals surface area contributed by atoms with Gasteiger partial charge in [0.15, 0.2) is 0 Å². The standard InChI is InChI=1S/C14H24Si2/c1-5-9-15(10-6-2)13-16(14-15,11-7-3)12-8-4/h5-8H,1-4,9-14H2. The molecule has 0 atom stereocenters. The van der Waals surface area contributed by atoms with Gasteiger partial charge < -0.3 is 0 Å². The molecule has 0 radical (unpaired) electrons. The normalized spacial score (nSPS) is 20.5. The van der Waals surface area contributed by atoms with Gasteiger partial charge in [0.25, 0.3) is 0 Å². The highest BCUT2D eigenvalue weighted by Gasteiger charge is 2.53. The van der Waals surface area contributed by atoms with Gasteiger partial charge in [0.2, 0.25) is 0 Å². The average molecular weight is 249 g/mol. The molecule has 0 nitrogen and oxygen atoms in total. The predicted molar refractivity (Wildman–Crippen MR) is 81.1 cm³/mol. The molecule has 0 bridgehead atoms. The first kappa shape index (κ1) is 13.5. The van der Waals surface area contributed by atoms with Gasteiger partial charge in [-0.05, 0) is 24.2 Å². The highest BCUT2D eigenvalue weighted by atomic mass is 28.5. The molecular formula is C14H24Si2. The summed E-state index contributed by atoms with van der Waals surface area (Å²) in [7, 11) is -2.05. The van der Waals surface area contributed by atoms with Gasteiger partial charge in [0, 0.05) is 0 Å². The third-order valence-corrected chi connectivity index (χ3v) is 20.4. The molecule has 0 aromatic heterocycles. The lowest BCUT2D eigenvalue weighted by molar-refractivity contribution is 1.18. The van der Waals surface area contributed by atoms with Gasteiger partial charge in [0.05, 0.1) is 16.1 Å². The Morgan fingerprint density at radius 2 is 0.875 bits per heavy atom. The number of hydrogen-bond acceptors (Lipinski definition) is 0. The lowest BCUT2D eigenvalue weighted by Crippen LogP contribution is -2.61. The molecule has 0 aromatic rings. The Morgan fingerprint density at radius 1 is 0.625 bits per heavy atom. The maximum atomic E-state index is 3.93. The molecule has 1 saturated heterocycles. The van der Waals surface area contributed by atoms with Gasteiger partial charge in [-0.1, -0.05) is 35.6 Å². The lowest BCUT2D eigenvalue weighted by atomic mass is 10.7. The highest BCUT2D eigenvalue weighted by molar-refractivity contribution is 7.14. The molecule has 0 saturated carbocycles. The molecule has 0 unspecified atom stereocenters. The molecule has 1 fully saturated rings. The van der Waals surface area contributed by atoms with Crippen LogP contribution in [0.5, 0.6) is 0 Å². The van der Waals surface area contributed by atoms with Gasteiger partial charge in [-0.3, -0.25) is 0 Å². The maximum absolute atomic E-state index is 3.93. The van der Waals surface area contributed by atoms with Crippen molar-refractivity contribution in [3.8, 4) is 0 Å². The summed E-state index contributed by atoms with van der Waals surface area (Å²) in [5.74, 6) is 0. The fraction of sp³-hybridized carbons (Fsp3) is 0.429. The Labute approximate surface area is 102 Å². The van der Waals surface area contributed by atoms with E-state index in [0.717, 1.165) is 0 Å². The zero-order valence-electron chi connectivity index (χ0n) is 10.4. The van der Waals surface area contributed by atoms with Crippen LogP contribution in [-0.4, -0.2) is 16.1 Å². The van der Waals surface area contributed by atoms with E-state index in [1.807, 2.05) is 0 Å². The van der Waals surface area contributed by atoms with E-state index in [4.69, 9.17) is 0 Å². The monoisotopic (exact) mass is 248 g/mol. The van der Waals surface area contributed by atoms with Crippen LogP contribution in [0.25, 0.3) is 0 Å². The summed E-state index contributed by atoms with van der Waals surface area (Å²) in [6.45, 7) is 15.7. The summed E-state index contributed by atoms with van der Waals surface area (Å²) in [5, 5.41) is 0. The highest BCUT2D eigenvalue weighted by Crippen LogP contribution is 2.50. The van der Waals surface area contributed by atoms with E-state index in [0.29, 0.717) is 0 Å². The van der Waals surface area contributed by atoms with E-state index in [9.17, 15) is 0 Å². The van der Waals surface area contributed by atoms with Crippen LogP contribution in [0.2, 0.25) is 35.5 Å². The Kier molecular flexibility index (Phi) is 4.75. The van der Waals surface area contributed by atoms with Gasteiger partial charge in [0.1, 0.15) is 0 Å². The molecular weight excluding hydrogens is 224 g/mol. The SMILES string of the molecule is C=CC[Si]1(CC=C)C[Si](CC=C)(CC=C)C1. The van der Waals surface area contributed by atoms with Crippen molar-refractivity contribution in [3.05, 3.63) is 50.6 Å². The van der Waals surface area contributed by atoms with Crippen molar-refractivity contribution < 1.29 is 0 Å². The first-order chi connectivity index (χ1) is 7.66. The summed E-state index contributed by atoms with van der Waals surface area (Å²) in [6, 6.07) is 5.12. The molecule has 1 aliphatic heterocycles. The minimum absolute atomic E-state index is 1.02. The molecule has 0 spiro atoms. The van der Waals surface area contributed by atoms with Crippen molar-refractivity contribution >= 4 is 16.1 Å². The number of hydrogen-bond donors (Lipinski definition) is 0. The third-order valence-electron chi connectivity index (χ3n) is 3.81. The Morgan fingerprint density at radius 3 is 1.06 bits per heavy atom. The van der Waals surface area contributed by atoms with E-state index in [1.165, 1.54) is 35.5 Å². The van der Waals surface area contributed by atoms with Crippen LogP contribution in [0.15, 0.2) is 50.6 Å². The maximum Gasteiger partial charge on any atom is 0.0558 e. The molecule has 1 rings (SSSR count). The quantitative estimate of drug-likeness (QED) is 0.431. The largest absolute Gasteiger partial charge is 0.103 e. The van der Waals surface area contributed by atoms with Crippen LogP contribution in [0.3, 0.4) is 0 Å². The smallest absolute Gasteiger partial charge is 0.0558 e. The first-order valence-corrected chi connectivity index (χ1v) is 11.8. The second kappa shape index (κ2) is 5.64. The van der Waals surface area contributed by atoms with Crippen LogP contribution in [0.1, 0.15) is 0 Å². The Hall–Kier alpha value is -0.606. The van der Waals surface area contributed by atoms with Crippen LogP contribution < -0.4 is 0 Å². The minimum atomic E-state index is -1.02. The van der Waals surface area contributed by atoms with E-state index in [2.05, 4.69) is 50.6 Å². The Bertz CT molecular complexity index is 233. The van der Waals surface area contributed by atoms with Crippen molar-refractivity contribution in [1.29, 1.82) is 0 Å². The van der Waals surface area contributed by atoms with E-state index >= 15 is 0 Å². The second-order valence-electron chi connectivity index (χ2n) is 5.32. The van der Waals surface area contributed by atoms with Crippen LogP contribution in [0, 0.1) is 0 Å². The second-order valence-corrected chi connectivity index (χ2v) is 15.8. The summed E-state index contributed by atoms with van der Waals surface area (Å²) in [4.78, 5) is 0. The molecule has 16 heavy (non-hydrogen) atoms. The molecule has 88 valence electrons. The molecule has 1 heterocycles. The van der Waals surface area contributed by atoms with Gasteiger partial charge in [-0.15, -0.1) is 26.3 Å². The third kappa shape index (κ3) is 2.74. The summed E-state index contributed by atoms with van der Waals surface area (Å²) >= 11 is 0. The Balaban J connectivity index is 2.69. The van der Waals surface area contributed by atoms with Crippen molar-refractivity contribution in [2.45, 2.75) is 35.5 Å².